The van der Waals surface area contributed by atoms with Crippen LogP contribution in [-0.4, -0.2) is 52.9 Å². The molecule has 4 rings (SSSR count). The van der Waals surface area contributed by atoms with Gasteiger partial charge in [0.05, 0.1) is 0 Å². The van der Waals surface area contributed by atoms with Gasteiger partial charge in [-0.05, 0) is 31.9 Å². The maximum Gasteiger partial charge on any atom is 0.177 e. The lowest BCUT2D eigenvalue weighted by Crippen LogP contribution is -2.15. The van der Waals surface area contributed by atoms with E-state index in [-0.39, 0.29) is 5.92 Å². The Bertz CT molecular complexity index is 820. The minimum absolute atomic E-state index is 0.251. The van der Waals surface area contributed by atoms with Crippen LogP contribution in [0.4, 0.5) is 0 Å². The third kappa shape index (κ3) is 2.57. The van der Waals surface area contributed by atoms with E-state index in [4.69, 9.17) is 4.74 Å². The fraction of sp³-hybridized carbons (Fsp3) is 0.500. The van der Waals surface area contributed by atoms with Crippen LogP contribution in [0.2, 0.25) is 0 Å². The first-order chi connectivity index (χ1) is 11.2. The average molecular weight is 315 g/mol. The third-order valence-corrected chi connectivity index (χ3v) is 3.97. The topological polar surface area (TPSA) is 103 Å². The van der Waals surface area contributed by atoms with Gasteiger partial charge in [-0.1, -0.05) is 0 Å². The van der Waals surface area contributed by atoms with E-state index < -0.39 is 6.10 Å². The maximum atomic E-state index is 10.0. The SMILES string of the molecule is C[C@@H](O)c1nc(C2CCOCC2)nn1-c1ccc2nncn2n1. The van der Waals surface area contributed by atoms with Crippen molar-refractivity contribution in [1.29, 1.82) is 0 Å². The first-order valence-corrected chi connectivity index (χ1v) is 7.62. The number of nitrogens with zero attached hydrogens (tertiary/aromatic N) is 7. The minimum atomic E-state index is -0.741. The minimum Gasteiger partial charge on any atom is -0.385 e. The van der Waals surface area contributed by atoms with Gasteiger partial charge in [-0.3, -0.25) is 0 Å². The average Bonchev–Trinajstić information content (AvgIpc) is 3.22. The molecule has 1 saturated heterocycles. The second-order valence-electron chi connectivity index (χ2n) is 5.63. The van der Waals surface area contributed by atoms with Crippen LogP contribution in [-0.2, 0) is 4.74 Å². The molecule has 120 valence electrons. The van der Waals surface area contributed by atoms with Crippen molar-refractivity contribution in [2.45, 2.75) is 31.8 Å². The lowest BCUT2D eigenvalue weighted by molar-refractivity contribution is 0.0835. The summed E-state index contributed by atoms with van der Waals surface area (Å²) in [5.74, 6) is 2.03. The molecule has 0 aromatic carbocycles. The zero-order valence-corrected chi connectivity index (χ0v) is 12.7. The van der Waals surface area contributed by atoms with Crippen LogP contribution in [0.25, 0.3) is 11.5 Å². The highest BCUT2D eigenvalue weighted by atomic mass is 16.5. The first-order valence-electron chi connectivity index (χ1n) is 7.62. The molecule has 0 radical (unpaired) electrons. The third-order valence-electron chi connectivity index (χ3n) is 3.97. The molecule has 1 atom stereocenters. The zero-order chi connectivity index (χ0) is 15.8. The molecule has 0 bridgehead atoms. The molecule has 1 aliphatic rings. The number of hydrogen-bond acceptors (Lipinski definition) is 7. The van der Waals surface area contributed by atoms with Gasteiger partial charge in [-0.25, -0.2) is 4.98 Å². The van der Waals surface area contributed by atoms with Crippen LogP contribution in [0.3, 0.4) is 0 Å². The van der Waals surface area contributed by atoms with Crippen LogP contribution in [0.1, 0.15) is 43.4 Å². The summed E-state index contributed by atoms with van der Waals surface area (Å²) < 4.78 is 8.55. The molecule has 3 aromatic rings. The summed E-state index contributed by atoms with van der Waals surface area (Å²) in [5.41, 5.74) is 0.650. The Morgan fingerprint density at radius 3 is 2.87 bits per heavy atom. The Morgan fingerprint density at radius 1 is 1.26 bits per heavy atom. The van der Waals surface area contributed by atoms with Crippen molar-refractivity contribution < 1.29 is 9.84 Å². The van der Waals surface area contributed by atoms with E-state index in [0.717, 1.165) is 18.7 Å². The predicted octanol–water partition coefficient (Wildman–Crippen LogP) is 0.652. The van der Waals surface area contributed by atoms with Crippen molar-refractivity contribution >= 4 is 5.65 Å². The van der Waals surface area contributed by atoms with Crippen LogP contribution in [0, 0.1) is 0 Å². The molecule has 9 nitrogen and oxygen atoms in total. The molecule has 23 heavy (non-hydrogen) atoms. The molecule has 0 saturated carbocycles. The normalized spacial score (nSPS) is 17.7. The molecular formula is C14H17N7O2. The summed E-state index contributed by atoms with van der Waals surface area (Å²) in [6.45, 7) is 3.11. The van der Waals surface area contributed by atoms with Gasteiger partial charge in [0.25, 0.3) is 0 Å². The molecular weight excluding hydrogens is 298 g/mol. The van der Waals surface area contributed by atoms with Crippen molar-refractivity contribution in [3.05, 3.63) is 30.1 Å². The standard InChI is InChI=1S/C14H17N7O2/c1-9(22)14-16-13(10-4-6-23-7-5-10)19-21(14)12-3-2-11-17-15-8-20(11)18-12/h2-3,8-10,22H,4-7H2,1H3/t9-/m1/s1. The van der Waals surface area contributed by atoms with Gasteiger partial charge in [-0.15, -0.1) is 20.4 Å². The molecule has 0 unspecified atom stereocenters. The van der Waals surface area contributed by atoms with E-state index >= 15 is 0 Å². The van der Waals surface area contributed by atoms with E-state index in [1.54, 1.807) is 28.3 Å². The van der Waals surface area contributed by atoms with Crippen molar-refractivity contribution in [3.8, 4) is 5.82 Å². The van der Waals surface area contributed by atoms with E-state index in [1.165, 1.54) is 6.33 Å². The smallest absolute Gasteiger partial charge is 0.177 e. The van der Waals surface area contributed by atoms with Gasteiger partial charge < -0.3 is 9.84 Å². The van der Waals surface area contributed by atoms with Gasteiger partial charge >= 0.3 is 0 Å². The van der Waals surface area contributed by atoms with E-state index in [0.29, 0.717) is 30.5 Å². The van der Waals surface area contributed by atoms with E-state index in [9.17, 15) is 5.11 Å². The number of hydrogen-bond donors (Lipinski definition) is 1. The Balaban J connectivity index is 1.77. The molecule has 1 aliphatic heterocycles. The van der Waals surface area contributed by atoms with E-state index in [1.807, 2.05) is 0 Å². The first kappa shape index (κ1) is 14.2. The highest BCUT2D eigenvalue weighted by Crippen LogP contribution is 2.26. The Morgan fingerprint density at radius 2 is 2.09 bits per heavy atom. The lowest BCUT2D eigenvalue weighted by Gasteiger charge is -2.18. The van der Waals surface area contributed by atoms with Gasteiger partial charge in [0.1, 0.15) is 12.4 Å². The highest BCUT2D eigenvalue weighted by Gasteiger charge is 2.24. The molecule has 0 spiro atoms. The second-order valence-corrected chi connectivity index (χ2v) is 5.63. The predicted molar refractivity (Wildman–Crippen MR) is 79.1 cm³/mol. The van der Waals surface area contributed by atoms with Gasteiger partial charge in [-0.2, -0.15) is 9.20 Å². The summed E-state index contributed by atoms with van der Waals surface area (Å²) in [5, 5.41) is 26.8. The second kappa shape index (κ2) is 5.67. The summed E-state index contributed by atoms with van der Waals surface area (Å²) in [7, 11) is 0. The molecule has 9 heteroatoms. The van der Waals surface area contributed by atoms with Crippen LogP contribution in [0.15, 0.2) is 18.5 Å². The fourth-order valence-corrected chi connectivity index (χ4v) is 2.74. The number of aromatic nitrogens is 7. The monoisotopic (exact) mass is 315 g/mol. The van der Waals surface area contributed by atoms with Gasteiger partial charge in [0.15, 0.2) is 23.1 Å². The van der Waals surface area contributed by atoms with E-state index in [2.05, 4.69) is 25.4 Å². The Kier molecular flexibility index (Phi) is 3.50. The van der Waals surface area contributed by atoms with Crippen molar-refractivity contribution in [2.24, 2.45) is 0 Å². The molecule has 4 heterocycles. The number of aliphatic hydroxyl groups excluding tert-OH is 1. The van der Waals surface area contributed by atoms with Gasteiger partial charge in [0, 0.05) is 19.1 Å². The van der Waals surface area contributed by atoms with Crippen molar-refractivity contribution in [1.82, 2.24) is 34.6 Å². The fourth-order valence-electron chi connectivity index (χ4n) is 2.74. The molecule has 1 N–H and O–H groups in total. The number of ether oxygens (including phenoxy) is 1. The summed E-state index contributed by atoms with van der Waals surface area (Å²) in [4.78, 5) is 4.54. The molecule has 0 amide bonds. The van der Waals surface area contributed by atoms with Crippen molar-refractivity contribution in [3.63, 3.8) is 0 Å². The zero-order valence-electron chi connectivity index (χ0n) is 12.7. The number of fused-ring (bicyclic) bond motifs is 1. The van der Waals surface area contributed by atoms with Crippen molar-refractivity contribution in [2.75, 3.05) is 13.2 Å². The van der Waals surface area contributed by atoms with Crippen LogP contribution in [0.5, 0.6) is 0 Å². The summed E-state index contributed by atoms with van der Waals surface area (Å²) >= 11 is 0. The quantitative estimate of drug-likeness (QED) is 0.757. The summed E-state index contributed by atoms with van der Waals surface area (Å²) in [6, 6.07) is 3.59. The summed E-state index contributed by atoms with van der Waals surface area (Å²) in [6.07, 6.45) is 2.56. The number of rotatable bonds is 3. The Hall–Kier alpha value is -2.39. The maximum absolute atomic E-state index is 10.0. The van der Waals surface area contributed by atoms with Crippen LogP contribution < -0.4 is 0 Å². The largest absolute Gasteiger partial charge is 0.385 e. The lowest BCUT2D eigenvalue weighted by atomic mass is 10.00. The molecule has 3 aromatic heterocycles. The van der Waals surface area contributed by atoms with Crippen LogP contribution >= 0.6 is 0 Å². The van der Waals surface area contributed by atoms with Gasteiger partial charge in [0.2, 0.25) is 0 Å². The highest BCUT2D eigenvalue weighted by molar-refractivity contribution is 5.38. The number of aliphatic hydroxyl groups is 1. The molecule has 1 fully saturated rings. The Labute approximate surface area is 131 Å². The molecule has 0 aliphatic carbocycles.